The van der Waals surface area contributed by atoms with Crippen LogP contribution in [0.15, 0.2) is 41.3 Å². The molecule has 3 rings (SSSR count). The third kappa shape index (κ3) is 4.14. The van der Waals surface area contributed by atoms with E-state index in [0.717, 1.165) is 16.8 Å². The molecule has 0 saturated heterocycles. The lowest BCUT2D eigenvalue weighted by Gasteiger charge is -2.09. The molecule has 0 atom stereocenters. The van der Waals surface area contributed by atoms with Crippen molar-refractivity contribution >= 4 is 21.4 Å². The first-order valence-corrected chi connectivity index (χ1v) is 10.7. The van der Waals surface area contributed by atoms with Gasteiger partial charge in [-0.25, -0.2) is 8.42 Å². The molecule has 0 unspecified atom stereocenters. The van der Waals surface area contributed by atoms with E-state index < -0.39 is 15.7 Å². The maximum absolute atomic E-state index is 12.7. The number of hydrogen-bond donors (Lipinski definition) is 2. The predicted octanol–water partition coefficient (Wildman–Crippen LogP) is 2.94. The van der Waals surface area contributed by atoms with Crippen LogP contribution in [0.4, 0.5) is 5.69 Å². The van der Waals surface area contributed by atoms with Crippen molar-refractivity contribution < 1.29 is 18.3 Å². The van der Waals surface area contributed by atoms with Gasteiger partial charge in [0, 0.05) is 0 Å². The molecular weight excluding hydrogens is 392 g/mol. The van der Waals surface area contributed by atoms with Crippen LogP contribution in [0.1, 0.15) is 34.2 Å². The lowest BCUT2D eigenvalue weighted by molar-refractivity contribution is 0.102. The Labute approximate surface area is 169 Å². The third-order valence-electron chi connectivity index (χ3n) is 4.52. The van der Waals surface area contributed by atoms with E-state index in [0.29, 0.717) is 5.69 Å². The summed E-state index contributed by atoms with van der Waals surface area (Å²) in [6, 6.07) is 9.56. The zero-order valence-corrected chi connectivity index (χ0v) is 17.4. The highest BCUT2D eigenvalue weighted by Crippen LogP contribution is 2.27. The summed E-state index contributed by atoms with van der Waals surface area (Å²) in [5, 5.41) is 21.1. The van der Waals surface area contributed by atoms with Crippen molar-refractivity contribution in [2.24, 2.45) is 0 Å². The molecule has 3 aromatic rings. The second-order valence-corrected chi connectivity index (χ2v) is 9.03. The predicted molar refractivity (Wildman–Crippen MR) is 109 cm³/mol. The monoisotopic (exact) mass is 414 g/mol. The Bertz CT molecular complexity index is 1200. The summed E-state index contributed by atoms with van der Waals surface area (Å²) >= 11 is 0. The number of aromatic hydroxyl groups is 1. The number of nitrogens with zero attached hydrogens (tertiary/aromatic N) is 3. The zero-order valence-electron chi connectivity index (χ0n) is 16.6. The molecule has 0 aliphatic carbocycles. The van der Waals surface area contributed by atoms with E-state index >= 15 is 0 Å². The first-order chi connectivity index (χ1) is 13.6. The SMILES string of the molecule is CCS(=O)(=O)c1ccc(O)c(NC(=O)c2nn(-c3ccc(C)cc3C)nc2C)c1. The molecule has 0 radical (unpaired) electrons. The number of carbonyl (C=O) groups is 1. The topological polar surface area (TPSA) is 114 Å². The van der Waals surface area contributed by atoms with Crippen molar-refractivity contribution in [2.75, 3.05) is 11.1 Å². The number of phenols is 1. The number of nitrogens with one attached hydrogen (secondary N) is 1. The fourth-order valence-electron chi connectivity index (χ4n) is 2.88. The Balaban J connectivity index is 1.93. The number of rotatable bonds is 5. The van der Waals surface area contributed by atoms with Gasteiger partial charge in [-0.3, -0.25) is 4.79 Å². The lowest BCUT2D eigenvalue weighted by Crippen LogP contribution is -2.15. The van der Waals surface area contributed by atoms with E-state index in [-0.39, 0.29) is 27.8 Å². The van der Waals surface area contributed by atoms with Crippen LogP contribution < -0.4 is 5.32 Å². The summed E-state index contributed by atoms with van der Waals surface area (Å²) in [4.78, 5) is 14.1. The molecule has 0 aliphatic heterocycles. The Hall–Kier alpha value is -3.20. The summed E-state index contributed by atoms with van der Waals surface area (Å²) in [7, 11) is -3.48. The Morgan fingerprint density at radius 2 is 1.83 bits per heavy atom. The normalized spacial score (nSPS) is 11.4. The van der Waals surface area contributed by atoms with Gasteiger partial charge >= 0.3 is 0 Å². The van der Waals surface area contributed by atoms with Crippen molar-refractivity contribution in [3.63, 3.8) is 0 Å². The van der Waals surface area contributed by atoms with Gasteiger partial charge < -0.3 is 10.4 Å². The van der Waals surface area contributed by atoms with Crippen LogP contribution >= 0.6 is 0 Å². The number of hydrogen-bond acceptors (Lipinski definition) is 6. The number of aromatic nitrogens is 3. The summed E-state index contributed by atoms with van der Waals surface area (Å²) in [5.74, 6) is -0.929. The molecule has 9 heteroatoms. The molecule has 2 aromatic carbocycles. The largest absolute Gasteiger partial charge is 0.506 e. The lowest BCUT2D eigenvalue weighted by atomic mass is 10.1. The zero-order chi connectivity index (χ0) is 21.3. The van der Waals surface area contributed by atoms with Crippen LogP contribution in [-0.4, -0.2) is 40.2 Å². The minimum Gasteiger partial charge on any atom is -0.506 e. The Morgan fingerprint density at radius 1 is 1.10 bits per heavy atom. The number of carbonyl (C=O) groups excluding carboxylic acids is 1. The number of benzene rings is 2. The van der Waals surface area contributed by atoms with Gasteiger partial charge in [-0.1, -0.05) is 24.6 Å². The molecule has 0 saturated carbocycles. The fraction of sp³-hybridized carbons (Fsp3) is 0.250. The van der Waals surface area contributed by atoms with Crippen LogP contribution in [0.25, 0.3) is 5.69 Å². The van der Waals surface area contributed by atoms with Crippen molar-refractivity contribution in [3.05, 3.63) is 58.9 Å². The number of anilines is 1. The van der Waals surface area contributed by atoms with Gasteiger partial charge in [0.2, 0.25) is 0 Å². The van der Waals surface area contributed by atoms with Gasteiger partial charge in [0.15, 0.2) is 15.5 Å². The second-order valence-electron chi connectivity index (χ2n) is 6.75. The summed E-state index contributed by atoms with van der Waals surface area (Å²) in [6.07, 6.45) is 0. The highest BCUT2D eigenvalue weighted by Gasteiger charge is 2.20. The quantitative estimate of drug-likeness (QED) is 0.621. The molecule has 0 bridgehead atoms. The van der Waals surface area contributed by atoms with E-state index in [1.54, 1.807) is 6.92 Å². The molecule has 152 valence electrons. The second kappa shape index (κ2) is 7.67. The van der Waals surface area contributed by atoms with Crippen molar-refractivity contribution in [2.45, 2.75) is 32.6 Å². The van der Waals surface area contributed by atoms with E-state index in [9.17, 15) is 18.3 Å². The summed E-state index contributed by atoms with van der Waals surface area (Å²) in [5.41, 5.74) is 3.28. The highest BCUT2D eigenvalue weighted by molar-refractivity contribution is 7.91. The van der Waals surface area contributed by atoms with Crippen LogP contribution in [0.3, 0.4) is 0 Å². The minimum atomic E-state index is -3.48. The molecule has 29 heavy (non-hydrogen) atoms. The number of phenolic OH excluding ortho intramolecular Hbond substituents is 1. The highest BCUT2D eigenvalue weighted by atomic mass is 32.2. The average molecular weight is 414 g/mol. The first kappa shape index (κ1) is 20.5. The molecule has 0 aliphatic rings. The van der Waals surface area contributed by atoms with E-state index in [2.05, 4.69) is 15.5 Å². The maximum atomic E-state index is 12.7. The van der Waals surface area contributed by atoms with Crippen LogP contribution in [-0.2, 0) is 9.84 Å². The number of sulfone groups is 1. The Morgan fingerprint density at radius 3 is 2.48 bits per heavy atom. The van der Waals surface area contributed by atoms with Gasteiger partial charge in [0.05, 0.1) is 27.7 Å². The van der Waals surface area contributed by atoms with Crippen LogP contribution in [0.5, 0.6) is 5.75 Å². The van der Waals surface area contributed by atoms with Crippen molar-refractivity contribution in [1.29, 1.82) is 0 Å². The Kier molecular flexibility index (Phi) is 5.43. The van der Waals surface area contributed by atoms with Gasteiger partial charge in [-0.2, -0.15) is 9.90 Å². The molecule has 0 spiro atoms. The minimum absolute atomic E-state index is 0.00927. The average Bonchev–Trinajstić information content (AvgIpc) is 3.04. The molecule has 0 fully saturated rings. The molecule has 1 aromatic heterocycles. The molecule has 2 N–H and O–H groups in total. The number of amides is 1. The fourth-order valence-corrected chi connectivity index (χ4v) is 3.79. The molecule has 1 amide bonds. The van der Waals surface area contributed by atoms with Crippen LogP contribution in [0, 0.1) is 20.8 Å². The molecular formula is C20H22N4O4S. The van der Waals surface area contributed by atoms with Gasteiger partial charge in [0.25, 0.3) is 5.91 Å². The van der Waals surface area contributed by atoms with Crippen LogP contribution in [0.2, 0.25) is 0 Å². The van der Waals surface area contributed by atoms with Gasteiger partial charge in [-0.05, 0) is 50.6 Å². The summed E-state index contributed by atoms with van der Waals surface area (Å²) in [6.45, 7) is 7.09. The van der Waals surface area contributed by atoms with Crippen molar-refractivity contribution in [3.8, 4) is 11.4 Å². The first-order valence-electron chi connectivity index (χ1n) is 9.01. The van der Waals surface area contributed by atoms with Crippen molar-refractivity contribution in [1.82, 2.24) is 15.0 Å². The standard InChI is InChI=1S/C20H22N4O4S/c1-5-29(27,28)15-7-9-18(25)16(11-15)21-20(26)19-14(4)22-24(23-19)17-8-6-12(2)10-13(17)3/h6-11,25H,5H2,1-4H3,(H,21,26). The third-order valence-corrected chi connectivity index (χ3v) is 6.25. The smallest absolute Gasteiger partial charge is 0.278 e. The number of aryl methyl sites for hydroxylation is 3. The summed E-state index contributed by atoms with van der Waals surface area (Å²) < 4.78 is 24.1. The van der Waals surface area contributed by atoms with Gasteiger partial charge in [0.1, 0.15) is 5.75 Å². The maximum Gasteiger partial charge on any atom is 0.278 e. The van der Waals surface area contributed by atoms with E-state index in [1.807, 2.05) is 32.0 Å². The molecule has 1 heterocycles. The van der Waals surface area contributed by atoms with E-state index in [1.165, 1.54) is 29.9 Å². The molecule has 8 nitrogen and oxygen atoms in total. The van der Waals surface area contributed by atoms with Gasteiger partial charge in [-0.15, -0.1) is 5.10 Å². The van der Waals surface area contributed by atoms with E-state index in [4.69, 9.17) is 0 Å².